The van der Waals surface area contributed by atoms with Gasteiger partial charge in [0, 0.05) is 6.04 Å². The van der Waals surface area contributed by atoms with E-state index in [-0.39, 0.29) is 0 Å². The normalized spacial score (nSPS) is 49.8. The summed E-state index contributed by atoms with van der Waals surface area (Å²) in [5.41, 5.74) is 6.98. The molecule has 0 aromatic heterocycles. The summed E-state index contributed by atoms with van der Waals surface area (Å²) in [6.07, 6.45) is 14.8. The summed E-state index contributed by atoms with van der Waals surface area (Å²) < 4.78 is 0. The van der Waals surface area contributed by atoms with Gasteiger partial charge in [-0.25, -0.2) is 0 Å². The summed E-state index contributed by atoms with van der Waals surface area (Å²) in [6, 6.07) is 0.468. The highest BCUT2D eigenvalue weighted by molar-refractivity contribution is 5.10. The number of aliphatic hydroxyl groups is 1. The van der Waals surface area contributed by atoms with Crippen LogP contribution in [0.4, 0.5) is 0 Å². The summed E-state index contributed by atoms with van der Waals surface area (Å²) in [4.78, 5) is 0. The van der Waals surface area contributed by atoms with Gasteiger partial charge in [0.25, 0.3) is 0 Å². The Balaban J connectivity index is 1.49. The Bertz CT molecular complexity index is 567. The number of hydrogen-bond acceptors (Lipinski definition) is 2. The summed E-state index contributed by atoms with van der Waals surface area (Å²) in [5.74, 6) is 5.39. The maximum atomic E-state index is 10.2. The second kappa shape index (κ2) is 7.26. The van der Waals surface area contributed by atoms with Crippen molar-refractivity contribution in [3.05, 3.63) is 0 Å². The van der Waals surface area contributed by atoms with Crippen molar-refractivity contribution in [2.75, 3.05) is 0 Å². The van der Waals surface area contributed by atoms with Gasteiger partial charge in [0.2, 0.25) is 0 Å². The Kier molecular flexibility index (Phi) is 5.49. The molecule has 0 unspecified atom stereocenters. The van der Waals surface area contributed by atoms with Crippen molar-refractivity contribution in [3.63, 3.8) is 0 Å². The monoisotopic (exact) mass is 389 g/mol. The van der Waals surface area contributed by atoms with Gasteiger partial charge in [-0.05, 0) is 131 Å². The van der Waals surface area contributed by atoms with Gasteiger partial charge in [-0.3, -0.25) is 0 Å². The molecule has 4 aliphatic rings. The van der Waals surface area contributed by atoms with Gasteiger partial charge < -0.3 is 10.8 Å². The zero-order valence-electron chi connectivity index (χ0n) is 19.3. The first-order valence-electron chi connectivity index (χ1n) is 12.5. The van der Waals surface area contributed by atoms with Gasteiger partial charge in [0.05, 0.1) is 5.60 Å². The highest BCUT2D eigenvalue weighted by atomic mass is 16.3. The van der Waals surface area contributed by atoms with Crippen molar-refractivity contribution in [2.24, 2.45) is 52.1 Å². The Hall–Kier alpha value is -0.0800. The molecular weight excluding hydrogens is 342 g/mol. The Labute approximate surface area is 174 Å². The molecule has 0 bridgehead atoms. The van der Waals surface area contributed by atoms with Gasteiger partial charge in [0.15, 0.2) is 0 Å². The molecule has 0 amide bonds. The highest BCUT2D eigenvalue weighted by Crippen LogP contribution is 2.68. The van der Waals surface area contributed by atoms with Crippen LogP contribution < -0.4 is 5.73 Å². The minimum Gasteiger partial charge on any atom is -0.390 e. The van der Waals surface area contributed by atoms with Gasteiger partial charge in [-0.2, -0.15) is 0 Å². The molecule has 0 heterocycles. The van der Waals surface area contributed by atoms with E-state index in [1.165, 1.54) is 64.2 Å². The maximum Gasteiger partial charge on any atom is 0.0591 e. The molecule has 0 radical (unpaired) electrons. The zero-order valence-corrected chi connectivity index (χ0v) is 19.3. The van der Waals surface area contributed by atoms with Crippen molar-refractivity contribution in [2.45, 2.75) is 117 Å². The van der Waals surface area contributed by atoms with Crippen molar-refractivity contribution in [1.29, 1.82) is 0 Å². The fourth-order valence-electron chi connectivity index (χ4n) is 9.05. The van der Waals surface area contributed by atoms with E-state index in [2.05, 4.69) is 20.8 Å². The van der Waals surface area contributed by atoms with E-state index in [0.29, 0.717) is 16.9 Å². The van der Waals surface area contributed by atoms with E-state index < -0.39 is 5.60 Å². The van der Waals surface area contributed by atoms with Crippen molar-refractivity contribution in [1.82, 2.24) is 0 Å². The molecule has 4 saturated carbocycles. The largest absolute Gasteiger partial charge is 0.390 e. The lowest BCUT2D eigenvalue weighted by molar-refractivity contribution is -0.116. The first-order valence-corrected chi connectivity index (χ1v) is 12.5. The van der Waals surface area contributed by atoms with Crippen LogP contribution in [0.5, 0.6) is 0 Å². The lowest BCUT2D eigenvalue weighted by atomic mass is 9.44. The average Bonchev–Trinajstić information content (AvgIpc) is 2.97. The van der Waals surface area contributed by atoms with E-state index in [1.54, 1.807) is 0 Å². The van der Waals surface area contributed by atoms with E-state index in [1.807, 2.05) is 13.8 Å². The molecule has 0 aromatic carbocycles. The summed E-state index contributed by atoms with van der Waals surface area (Å²) in [5, 5.41) is 10.2. The SMILES string of the molecule is C[C@H](CCC(C)(C)O)[C@H]1CC[C@H]2[C@@H]3CC[C@@H]4C[C@H](N)CC[C@]4(C)[C@H]3CC[C@]12C. The fraction of sp³-hybridized carbons (Fsp3) is 1.00. The molecule has 3 N–H and O–H groups in total. The van der Waals surface area contributed by atoms with E-state index >= 15 is 0 Å². The number of rotatable bonds is 4. The number of hydrogen-bond donors (Lipinski definition) is 2. The molecule has 0 spiro atoms. The second-order valence-electron chi connectivity index (χ2n) is 12.7. The molecule has 0 saturated heterocycles. The smallest absolute Gasteiger partial charge is 0.0591 e. The third kappa shape index (κ3) is 3.49. The Morgan fingerprint density at radius 3 is 2.36 bits per heavy atom. The summed E-state index contributed by atoms with van der Waals surface area (Å²) in [7, 11) is 0. The lowest BCUT2D eigenvalue weighted by Gasteiger charge is -2.61. The molecule has 4 fully saturated rings. The van der Waals surface area contributed by atoms with E-state index in [0.717, 1.165) is 41.9 Å². The predicted molar refractivity (Wildman–Crippen MR) is 118 cm³/mol. The average molecular weight is 390 g/mol. The van der Waals surface area contributed by atoms with Gasteiger partial charge in [-0.1, -0.05) is 20.8 Å². The topological polar surface area (TPSA) is 46.2 Å². The molecular formula is C26H47NO. The predicted octanol–water partition coefficient (Wildman–Crippen LogP) is 6.16. The Morgan fingerprint density at radius 2 is 1.64 bits per heavy atom. The van der Waals surface area contributed by atoms with Crippen LogP contribution in [0.2, 0.25) is 0 Å². The quantitative estimate of drug-likeness (QED) is 0.605. The van der Waals surface area contributed by atoms with E-state index in [4.69, 9.17) is 5.73 Å². The zero-order chi connectivity index (χ0) is 20.3. The molecule has 162 valence electrons. The standard InChI is InChI=1S/C26H47NO/c1-17(10-13-24(2,3)28)21-8-9-22-20-7-6-18-16-19(27)11-14-25(18,4)23(20)12-15-26(21,22)5/h17-23,28H,6-16,27H2,1-5H3/t17-,18-,19-,20+,21-,22+,23+,25+,26-/m1/s1. The molecule has 4 aliphatic carbocycles. The molecule has 0 aromatic rings. The van der Waals surface area contributed by atoms with Crippen LogP contribution in [0.15, 0.2) is 0 Å². The van der Waals surface area contributed by atoms with Gasteiger partial charge in [0.1, 0.15) is 0 Å². The Morgan fingerprint density at radius 1 is 0.964 bits per heavy atom. The second-order valence-corrected chi connectivity index (χ2v) is 12.7. The first kappa shape index (κ1) is 21.2. The fourth-order valence-corrected chi connectivity index (χ4v) is 9.05. The van der Waals surface area contributed by atoms with Crippen molar-refractivity contribution < 1.29 is 5.11 Å². The number of fused-ring (bicyclic) bond motifs is 5. The lowest BCUT2D eigenvalue weighted by Crippen LogP contribution is -2.54. The van der Waals surface area contributed by atoms with Crippen molar-refractivity contribution >= 4 is 0 Å². The first-order chi connectivity index (χ1) is 13.0. The minimum atomic E-state index is -0.514. The minimum absolute atomic E-state index is 0.468. The van der Waals surface area contributed by atoms with Crippen LogP contribution in [0.3, 0.4) is 0 Å². The summed E-state index contributed by atoms with van der Waals surface area (Å²) >= 11 is 0. The van der Waals surface area contributed by atoms with Crippen molar-refractivity contribution in [3.8, 4) is 0 Å². The van der Waals surface area contributed by atoms with Crippen LogP contribution in [0.25, 0.3) is 0 Å². The van der Waals surface area contributed by atoms with Gasteiger partial charge >= 0.3 is 0 Å². The van der Waals surface area contributed by atoms with Crippen LogP contribution >= 0.6 is 0 Å². The highest BCUT2D eigenvalue weighted by Gasteiger charge is 2.60. The van der Waals surface area contributed by atoms with Crippen LogP contribution in [-0.4, -0.2) is 16.7 Å². The molecule has 0 aliphatic heterocycles. The maximum absolute atomic E-state index is 10.2. The molecule has 28 heavy (non-hydrogen) atoms. The van der Waals surface area contributed by atoms with Crippen LogP contribution in [0, 0.1) is 46.3 Å². The molecule has 9 atom stereocenters. The molecule has 2 nitrogen and oxygen atoms in total. The van der Waals surface area contributed by atoms with Gasteiger partial charge in [-0.15, -0.1) is 0 Å². The third-order valence-electron chi connectivity index (χ3n) is 10.7. The van der Waals surface area contributed by atoms with E-state index in [9.17, 15) is 5.11 Å². The number of nitrogens with two attached hydrogens (primary N) is 1. The molecule has 2 heteroatoms. The molecule has 4 rings (SSSR count). The third-order valence-corrected chi connectivity index (χ3v) is 10.7. The van der Waals surface area contributed by atoms with Crippen LogP contribution in [-0.2, 0) is 0 Å². The van der Waals surface area contributed by atoms with Crippen LogP contribution in [0.1, 0.15) is 105 Å². The summed E-state index contributed by atoms with van der Waals surface area (Å²) in [6.45, 7) is 11.7.